The number of hydrogen-bond acceptors (Lipinski definition) is 3. The van der Waals surface area contributed by atoms with Gasteiger partial charge in [-0.15, -0.1) is 0 Å². The fraction of sp³-hybridized carbons (Fsp3) is 0.440. The average Bonchev–Trinajstić information content (AvgIpc) is 2.94. The lowest BCUT2D eigenvalue weighted by Gasteiger charge is -2.27. The number of para-hydroxylation sites is 2. The highest BCUT2D eigenvalue weighted by Crippen LogP contribution is 2.36. The van der Waals surface area contributed by atoms with Crippen molar-refractivity contribution in [2.45, 2.75) is 52.4 Å². The zero-order chi connectivity index (χ0) is 21.3. The lowest BCUT2D eigenvalue weighted by atomic mass is 10.0. The van der Waals surface area contributed by atoms with Gasteiger partial charge in [-0.25, -0.2) is 0 Å². The van der Waals surface area contributed by atoms with E-state index in [9.17, 15) is 4.79 Å². The second-order valence-corrected chi connectivity index (χ2v) is 9.34. The molecule has 160 valence electrons. The van der Waals surface area contributed by atoms with E-state index in [4.69, 9.17) is 12.2 Å². The molecule has 3 nitrogen and oxygen atoms in total. The van der Waals surface area contributed by atoms with Gasteiger partial charge in [0.15, 0.2) is 0 Å². The van der Waals surface area contributed by atoms with Crippen LogP contribution in [-0.4, -0.2) is 34.0 Å². The van der Waals surface area contributed by atoms with Crippen molar-refractivity contribution < 1.29 is 4.79 Å². The van der Waals surface area contributed by atoms with Crippen molar-refractivity contribution in [1.82, 2.24) is 4.90 Å². The van der Waals surface area contributed by atoms with Gasteiger partial charge in [-0.3, -0.25) is 9.69 Å². The van der Waals surface area contributed by atoms with Crippen molar-refractivity contribution in [3.63, 3.8) is 0 Å². The van der Waals surface area contributed by atoms with Gasteiger partial charge in [-0.1, -0.05) is 87.1 Å². The highest BCUT2D eigenvalue weighted by molar-refractivity contribution is 8.23. The molecule has 2 aromatic carbocycles. The molecule has 3 rings (SSSR count). The largest absolute Gasteiger partial charge is 0.358 e. The molecule has 0 spiro atoms. The number of unbranched alkanes of at least 4 members (excludes halogenated alkanes) is 2. The van der Waals surface area contributed by atoms with Crippen LogP contribution in [0.25, 0.3) is 0 Å². The molecule has 0 atom stereocenters. The Morgan fingerprint density at radius 1 is 0.933 bits per heavy atom. The normalized spacial score (nSPS) is 12.7. The smallest absolute Gasteiger partial charge is 0.242 e. The van der Waals surface area contributed by atoms with Crippen LogP contribution in [0.2, 0.25) is 0 Å². The quantitative estimate of drug-likeness (QED) is 0.445. The van der Waals surface area contributed by atoms with Gasteiger partial charge >= 0.3 is 0 Å². The van der Waals surface area contributed by atoms with Crippen molar-refractivity contribution in [2.75, 3.05) is 23.7 Å². The summed E-state index contributed by atoms with van der Waals surface area (Å²) >= 11 is 7.23. The average molecular weight is 441 g/mol. The molecule has 0 radical (unpaired) electrons. The lowest BCUT2D eigenvalue weighted by Crippen LogP contribution is -2.33. The highest BCUT2D eigenvalue weighted by Gasteiger charge is 2.26. The van der Waals surface area contributed by atoms with E-state index in [1.165, 1.54) is 22.9 Å². The number of anilines is 2. The van der Waals surface area contributed by atoms with Crippen LogP contribution in [0.4, 0.5) is 11.4 Å². The summed E-state index contributed by atoms with van der Waals surface area (Å²) in [7, 11) is 0. The summed E-state index contributed by atoms with van der Waals surface area (Å²) in [6.07, 6.45) is 6.46. The number of fused-ring (bicyclic) bond motifs is 2. The van der Waals surface area contributed by atoms with Crippen molar-refractivity contribution >= 4 is 45.6 Å². The molecule has 1 amide bonds. The molecular formula is C25H32N2OS2. The summed E-state index contributed by atoms with van der Waals surface area (Å²) in [6, 6.07) is 16.5. The molecule has 0 bridgehead atoms. The zero-order valence-electron chi connectivity index (χ0n) is 18.1. The van der Waals surface area contributed by atoms with Crippen LogP contribution >= 0.6 is 24.0 Å². The first-order valence-corrected chi connectivity index (χ1v) is 12.5. The number of benzene rings is 2. The molecular weight excluding hydrogens is 408 g/mol. The Hall–Kier alpha value is -1.85. The molecule has 1 aliphatic rings. The molecule has 30 heavy (non-hydrogen) atoms. The Morgan fingerprint density at radius 2 is 1.43 bits per heavy atom. The van der Waals surface area contributed by atoms with Gasteiger partial charge in [0.05, 0.1) is 17.1 Å². The van der Waals surface area contributed by atoms with Gasteiger partial charge < -0.3 is 4.90 Å². The predicted molar refractivity (Wildman–Crippen MR) is 134 cm³/mol. The minimum atomic E-state index is 0.0927. The number of thioether (sulfide) groups is 1. The number of rotatable bonds is 8. The van der Waals surface area contributed by atoms with Crippen molar-refractivity contribution in [1.29, 1.82) is 0 Å². The number of aryl methyl sites for hydroxylation is 2. The van der Waals surface area contributed by atoms with Gasteiger partial charge in [-0.05, 0) is 48.9 Å². The molecule has 0 fully saturated rings. The lowest BCUT2D eigenvalue weighted by molar-refractivity contribution is -0.115. The molecule has 0 aromatic heterocycles. The van der Waals surface area contributed by atoms with Crippen molar-refractivity contribution in [2.24, 2.45) is 0 Å². The van der Waals surface area contributed by atoms with Gasteiger partial charge in [-0.2, -0.15) is 0 Å². The number of amides is 1. The third-order valence-corrected chi connectivity index (χ3v) is 7.03. The van der Waals surface area contributed by atoms with E-state index in [1.807, 2.05) is 17.0 Å². The van der Waals surface area contributed by atoms with Crippen LogP contribution in [0.3, 0.4) is 0 Å². The van der Waals surface area contributed by atoms with Gasteiger partial charge in [0.2, 0.25) is 5.91 Å². The predicted octanol–water partition coefficient (Wildman–Crippen LogP) is 6.37. The fourth-order valence-corrected chi connectivity index (χ4v) is 4.92. The third kappa shape index (κ3) is 5.64. The number of nitrogens with zero attached hydrogens (tertiary/aromatic N) is 2. The Balaban J connectivity index is 1.77. The second kappa shape index (κ2) is 11.5. The monoisotopic (exact) mass is 440 g/mol. The van der Waals surface area contributed by atoms with E-state index in [0.29, 0.717) is 5.75 Å². The minimum Gasteiger partial charge on any atom is -0.358 e. The van der Waals surface area contributed by atoms with Crippen LogP contribution in [0.5, 0.6) is 0 Å². The van der Waals surface area contributed by atoms with Crippen LogP contribution in [-0.2, 0) is 17.6 Å². The van der Waals surface area contributed by atoms with Crippen LogP contribution in [0.1, 0.15) is 50.7 Å². The van der Waals surface area contributed by atoms with E-state index in [2.05, 4.69) is 55.1 Å². The van der Waals surface area contributed by atoms with E-state index >= 15 is 0 Å². The standard InChI is InChI=1S/C25H32N2OS2/c1-3-5-17-26(18-6-4-2)25(29)30-19-24(28)27-22-13-9-7-11-20(22)15-16-21-12-8-10-14-23(21)27/h7-14H,3-6,15-19H2,1-2H3. The maximum Gasteiger partial charge on any atom is 0.242 e. The summed E-state index contributed by atoms with van der Waals surface area (Å²) in [5.74, 6) is 0.450. The summed E-state index contributed by atoms with van der Waals surface area (Å²) in [5.41, 5.74) is 4.46. The maximum atomic E-state index is 13.5. The van der Waals surface area contributed by atoms with E-state index in [0.717, 1.165) is 67.3 Å². The molecule has 2 aromatic rings. The third-order valence-electron chi connectivity index (χ3n) is 5.52. The highest BCUT2D eigenvalue weighted by atomic mass is 32.2. The molecule has 5 heteroatoms. The Labute approximate surface area is 190 Å². The van der Waals surface area contributed by atoms with Gasteiger partial charge in [0.25, 0.3) is 0 Å². The first kappa shape index (κ1) is 22.8. The molecule has 0 aliphatic carbocycles. The number of carbonyl (C=O) groups is 1. The Morgan fingerprint density at radius 3 is 1.93 bits per heavy atom. The van der Waals surface area contributed by atoms with Gasteiger partial charge in [0.1, 0.15) is 4.32 Å². The molecule has 0 saturated carbocycles. The minimum absolute atomic E-state index is 0.0927. The summed E-state index contributed by atoms with van der Waals surface area (Å²) in [4.78, 5) is 17.7. The number of thiocarbonyl (C=S) groups is 1. The molecule has 0 N–H and O–H groups in total. The van der Waals surface area contributed by atoms with Crippen LogP contribution in [0.15, 0.2) is 48.5 Å². The first-order chi connectivity index (χ1) is 14.7. The Bertz CT molecular complexity index is 812. The molecule has 0 unspecified atom stereocenters. The SMILES string of the molecule is CCCCN(CCCC)C(=S)SCC(=O)N1c2ccccc2CCc2ccccc21. The molecule has 1 aliphatic heterocycles. The van der Waals surface area contributed by atoms with E-state index < -0.39 is 0 Å². The van der Waals surface area contributed by atoms with Crippen LogP contribution in [0, 0.1) is 0 Å². The maximum absolute atomic E-state index is 13.5. The van der Waals surface area contributed by atoms with Crippen molar-refractivity contribution in [3.8, 4) is 0 Å². The fourth-order valence-electron chi connectivity index (χ4n) is 3.82. The summed E-state index contributed by atoms with van der Waals surface area (Å²) < 4.78 is 0.849. The van der Waals surface area contributed by atoms with Crippen LogP contribution < -0.4 is 4.90 Å². The van der Waals surface area contributed by atoms with Gasteiger partial charge in [0, 0.05) is 13.1 Å². The number of carbonyl (C=O) groups excluding carboxylic acids is 1. The first-order valence-electron chi connectivity index (χ1n) is 11.1. The summed E-state index contributed by atoms with van der Waals surface area (Å²) in [6.45, 7) is 6.36. The Kier molecular flexibility index (Phi) is 8.76. The second-order valence-electron chi connectivity index (χ2n) is 7.74. The van der Waals surface area contributed by atoms with Crippen molar-refractivity contribution in [3.05, 3.63) is 59.7 Å². The van der Waals surface area contributed by atoms with E-state index in [1.54, 1.807) is 0 Å². The molecule has 1 heterocycles. The topological polar surface area (TPSA) is 23.6 Å². The summed E-state index contributed by atoms with van der Waals surface area (Å²) in [5, 5.41) is 0. The van der Waals surface area contributed by atoms with E-state index in [-0.39, 0.29) is 5.91 Å². The number of hydrogen-bond donors (Lipinski definition) is 0. The zero-order valence-corrected chi connectivity index (χ0v) is 19.7. The molecule has 0 saturated heterocycles.